The molecule has 21 heavy (non-hydrogen) atoms. The van der Waals surface area contributed by atoms with Gasteiger partial charge in [-0.2, -0.15) is 0 Å². The van der Waals surface area contributed by atoms with Crippen LogP contribution in [0.2, 0.25) is 0 Å². The van der Waals surface area contributed by atoms with Crippen LogP contribution in [0.25, 0.3) is 5.57 Å². The first-order chi connectivity index (χ1) is 10.0. The summed E-state index contributed by atoms with van der Waals surface area (Å²) in [7, 11) is 0. The van der Waals surface area contributed by atoms with E-state index in [1.54, 1.807) is 48.5 Å². The molecule has 0 aliphatic carbocycles. The summed E-state index contributed by atoms with van der Waals surface area (Å²) in [5.74, 6) is -3.92. The van der Waals surface area contributed by atoms with Gasteiger partial charge in [0.1, 0.15) is 0 Å². The fourth-order valence-electron chi connectivity index (χ4n) is 2.06. The van der Waals surface area contributed by atoms with Gasteiger partial charge in [-0.3, -0.25) is 4.79 Å². The van der Waals surface area contributed by atoms with E-state index in [1.807, 2.05) is 0 Å². The molecule has 0 N–H and O–H groups in total. The second kappa shape index (κ2) is 6.29. The quantitative estimate of drug-likeness (QED) is 0.571. The molecule has 0 amide bonds. The lowest BCUT2D eigenvalue weighted by Gasteiger charge is -2.18. The summed E-state index contributed by atoms with van der Waals surface area (Å²) in [5.41, 5.74) is 2.52. The average Bonchev–Trinajstić information content (AvgIpc) is 2.49. The number of halogens is 2. The number of carbonyl (C=O) groups excluding carboxylic acids is 1. The van der Waals surface area contributed by atoms with E-state index in [2.05, 4.69) is 12.3 Å². The van der Waals surface area contributed by atoms with Crippen LogP contribution >= 0.6 is 0 Å². The van der Waals surface area contributed by atoms with Gasteiger partial charge >= 0.3 is 0 Å². The van der Waals surface area contributed by atoms with Gasteiger partial charge in [-0.25, -0.2) is 8.78 Å². The molecule has 0 aliphatic rings. The SMILES string of the molecule is C=C=C(c1ccccc1)C(F)(F)CC(=O)c1ccccc1. The normalized spacial score (nSPS) is 10.8. The van der Waals surface area contributed by atoms with Crippen LogP contribution in [-0.4, -0.2) is 11.7 Å². The van der Waals surface area contributed by atoms with Gasteiger partial charge in [-0.1, -0.05) is 67.2 Å². The van der Waals surface area contributed by atoms with Crippen LogP contribution in [0.15, 0.2) is 73.0 Å². The largest absolute Gasteiger partial charge is 0.294 e. The Hall–Kier alpha value is -2.51. The summed E-state index contributed by atoms with van der Waals surface area (Å²) in [4.78, 5) is 12.0. The molecule has 0 unspecified atom stereocenters. The van der Waals surface area contributed by atoms with E-state index in [0.717, 1.165) is 0 Å². The summed E-state index contributed by atoms with van der Waals surface area (Å²) in [6, 6.07) is 16.2. The second-order valence-corrected chi connectivity index (χ2v) is 4.59. The van der Waals surface area contributed by atoms with Crippen molar-refractivity contribution in [2.45, 2.75) is 12.3 Å². The first-order valence-electron chi connectivity index (χ1n) is 6.46. The van der Waals surface area contributed by atoms with E-state index in [1.165, 1.54) is 12.1 Å². The molecule has 0 radical (unpaired) electrons. The van der Waals surface area contributed by atoms with Crippen molar-refractivity contribution >= 4 is 11.4 Å². The van der Waals surface area contributed by atoms with Crippen LogP contribution in [0.5, 0.6) is 0 Å². The number of allylic oxidation sites excluding steroid dienone is 1. The highest BCUT2D eigenvalue weighted by Crippen LogP contribution is 2.35. The van der Waals surface area contributed by atoms with Crippen molar-refractivity contribution in [3.05, 3.63) is 84.1 Å². The molecule has 2 rings (SSSR count). The van der Waals surface area contributed by atoms with E-state index >= 15 is 0 Å². The van der Waals surface area contributed by atoms with Crippen LogP contribution in [0.3, 0.4) is 0 Å². The zero-order chi connectivity index (χ0) is 15.3. The van der Waals surface area contributed by atoms with E-state index in [-0.39, 0.29) is 11.1 Å². The zero-order valence-corrected chi connectivity index (χ0v) is 11.4. The standard InChI is InChI=1S/C18H14F2O/c1-2-16(14-9-5-3-6-10-14)18(19,20)13-17(21)15-11-7-4-8-12-15/h3-12H,1,13H2. The topological polar surface area (TPSA) is 17.1 Å². The Kier molecular flexibility index (Phi) is 4.46. The molecule has 0 fully saturated rings. The predicted molar refractivity (Wildman–Crippen MR) is 79.3 cm³/mol. The van der Waals surface area contributed by atoms with Crippen LogP contribution in [-0.2, 0) is 0 Å². The number of hydrogen-bond acceptors (Lipinski definition) is 1. The molecule has 3 heteroatoms. The molecule has 0 spiro atoms. The van der Waals surface area contributed by atoms with Crippen molar-refractivity contribution in [1.82, 2.24) is 0 Å². The highest BCUT2D eigenvalue weighted by molar-refractivity contribution is 5.98. The average molecular weight is 284 g/mol. The number of alkyl halides is 2. The highest BCUT2D eigenvalue weighted by Gasteiger charge is 2.37. The predicted octanol–water partition coefficient (Wildman–Crippen LogP) is 4.76. The van der Waals surface area contributed by atoms with E-state index in [4.69, 9.17) is 0 Å². The molecule has 0 aromatic heterocycles. The number of Topliss-reactive ketones (excluding diaryl/α,β-unsaturated/α-hetero) is 1. The van der Waals surface area contributed by atoms with Gasteiger partial charge in [-0.15, -0.1) is 5.73 Å². The Labute approximate surface area is 122 Å². The minimum atomic E-state index is -3.31. The van der Waals surface area contributed by atoms with E-state index in [9.17, 15) is 13.6 Å². The molecular weight excluding hydrogens is 270 g/mol. The number of hydrogen-bond donors (Lipinski definition) is 0. The number of benzene rings is 2. The molecule has 2 aromatic rings. The van der Waals surface area contributed by atoms with Gasteiger partial charge in [0.2, 0.25) is 0 Å². The number of carbonyl (C=O) groups is 1. The van der Waals surface area contributed by atoms with Crippen LogP contribution in [0.4, 0.5) is 8.78 Å². The minimum absolute atomic E-state index is 0.272. The van der Waals surface area contributed by atoms with Crippen LogP contribution in [0, 0.1) is 0 Å². The third-order valence-electron chi connectivity index (χ3n) is 3.08. The summed E-state index contributed by atoms with van der Waals surface area (Å²) in [6.45, 7) is 3.33. The lowest BCUT2D eigenvalue weighted by atomic mass is 9.95. The van der Waals surface area contributed by atoms with E-state index < -0.39 is 18.1 Å². The lowest BCUT2D eigenvalue weighted by molar-refractivity contribution is 0.0498. The fraction of sp³-hybridized carbons (Fsp3) is 0.111. The van der Waals surface area contributed by atoms with E-state index in [0.29, 0.717) is 5.56 Å². The third-order valence-corrected chi connectivity index (χ3v) is 3.08. The Balaban J connectivity index is 2.25. The summed E-state index contributed by atoms with van der Waals surface area (Å²) in [6.07, 6.45) is -0.899. The molecule has 0 bridgehead atoms. The Morgan fingerprint density at radius 2 is 1.43 bits per heavy atom. The van der Waals surface area contributed by atoms with Crippen molar-refractivity contribution in [2.24, 2.45) is 0 Å². The summed E-state index contributed by atoms with van der Waals surface area (Å²) in [5, 5.41) is 0. The second-order valence-electron chi connectivity index (χ2n) is 4.59. The maximum absolute atomic E-state index is 14.3. The zero-order valence-electron chi connectivity index (χ0n) is 11.4. The van der Waals surface area contributed by atoms with Gasteiger partial charge < -0.3 is 0 Å². The Morgan fingerprint density at radius 3 is 1.90 bits per heavy atom. The Bertz CT molecular complexity index is 669. The van der Waals surface area contributed by atoms with Crippen molar-refractivity contribution in [1.29, 1.82) is 0 Å². The van der Waals surface area contributed by atoms with Gasteiger partial charge in [0, 0.05) is 5.56 Å². The molecule has 0 saturated carbocycles. The molecule has 0 aliphatic heterocycles. The monoisotopic (exact) mass is 284 g/mol. The maximum atomic E-state index is 14.3. The van der Waals surface area contributed by atoms with Crippen molar-refractivity contribution in [2.75, 3.05) is 0 Å². The summed E-state index contributed by atoms with van der Waals surface area (Å²) >= 11 is 0. The summed E-state index contributed by atoms with van der Waals surface area (Å²) < 4.78 is 28.7. The van der Waals surface area contributed by atoms with Crippen molar-refractivity contribution in [3.63, 3.8) is 0 Å². The molecule has 106 valence electrons. The Morgan fingerprint density at radius 1 is 0.952 bits per heavy atom. The van der Waals surface area contributed by atoms with Crippen LogP contribution in [0.1, 0.15) is 22.3 Å². The molecule has 0 atom stereocenters. The van der Waals surface area contributed by atoms with Crippen molar-refractivity contribution < 1.29 is 13.6 Å². The fourth-order valence-corrected chi connectivity index (χ4v) is 2.06. The van der Waals surface area contributed by atoms with Crippen LogP contribution < -0.4 is 0 Å². The molecule has 1 nitrogen and oxygen atoms in total. The molecular formula is C18H14F2O. The lowest BCUT2D eigenvalue weighted by Crippen LogP contribution is -2.22. The maximum Gasteiger partial charge on any atom is 0.287 e. The van der Waals surface area contributed by atoms with Gasteiger partial charge in [0.05, 0.1) is 12.0 Å². The highest BCUT2D eigenvalue weighted by atomic mass is 19.3. The smallest absolute Gasteiger partial charge is 0.287 e. The first kappa shape index (κ1) is 14.9. The van der Waals surface area contributed by atoms with Gasteiger partial charge in [0.15, 0.2) is 5.78 Å². The van der Waals surface area contributed by atoms with Crippen molar-refractivity contribution in [3.8, 4) is 0 Å². The third kappa shape index (κ3) is 3.53. The molecule has 0 saturated heterocycles. The minimum Gasteiger partial charge on any atom is -0.294 e. The first-order valence-corrected chi connectivity index (χ1v) is 6.46. The molecule has 0 heterocycles. The van der Waals surface area contributed by atoms with Gasteiger partial charge in [0.25, 0.3) is 5.92 Å². The van der Waals surface area contributed by atoms with Gasteiger partial charge in [-0.05, 0) is 5.56 Å². The number of ketones is 1. The number of rotatable bonds is 5. The molecule has 2 aromatic carbocycles.